The number of pyridine rings is 1. The van der Waals surface area contributed by atoms with Crippen molar-refractivity contribution in [3.8, 4) is 17.1 Å². The molecule has 1 aliphatic heterocycles. The lowest BCUT2D eigenvalue weighted by Gasteiger charge is -2.33. The zero-order valence-electron chi connectivity index (χ0n) is 17.5. The van der Waals surface area contributed by atoms with Gasteiger partial charge in [0.1, 0.15) is 24.0 Å². The molecular weight excluding hydrogens is 406 g/mol. The Hall–Kier alpha value is -3.03. The van der Waals surface area contributed by atoms with E-state index in [1.807, 2.05) is 54.4 Å². The highest BCUT2D eigenvalue weighted by atomic mass is 32.2. The Morgan fingerprint density at radius 1 is 0.903 bits per heavy atom. The summed E-state index contributed by atoms with van der Waals surface area (Å²) in [5.74, 6) is 2.66. The summed E-state index contributed by atoms with van der Waals surface area (Å²) in [5, 5.41) is 0. The molecular formula is C24H25N5OS. The van der Waals surface area contributed by atoms with Crippen LogP contribution in [0.5, 0.6) is 5.75 Å². The first-order valence-electron chi connectivity index (χ1n) is 10.5. The highest BCUT2D eigenvalue weighted by molar-refractivity contribution is 7.96. The molecule has 31 heavy (non-hydrogen) atoms. The third kappa shape index (κ3) is 4.52. The van der Waals surface area contributed by atoms with E-state index in [4.69, 9.17) is 14.7 Å². The quantitative estimate of drug-likeness (QED) is 0.450. The fourth-order valence-corrected chi connectivity index (χ4v) is 4.27. The molecule has 7 heteroatoms. The molecule has 1 saturated heterocycles. The van der Waals surface area contributed by atoms with Crippen molar-refractivity contribution in [2.24, 2.45) is 0 Å². The molecule has 4 aromatic rings. The van der Waals surface area contributed by atoms with Crippen LogP contribution in [0.25, 0.3) is 22.6 Å². The third-order valence-electron chi connectivity index (χ3n) is 5.53. The summed E-state index contributed by atoms with van der Waals surface area (Å²) in [4.78, 5) is 15.3. The van der Waals surface area contributed by atoms with Crippen LogP contribution in [-0.2, 0) is 6.61 Å². The second-order valence-electron chi connectivity index (χ2n) is 7.52. The SMILES string of the molecule is CSN1CCN(c2ccc3[nH]c(-c4ccc(OCc5ccccc5)cc4)nc3n2)CC1. The molecule has 1 N–H and O–H groups in total. The monoisotopic (exact) mass is 431 g/mol. The van der Waals surface area contributed by atoms with Crippen molar-refractivity contribution in [2.75, 3.05) is 37.3 Å². The average Bonchev–Trinajstić information content (AvgIpc) is 3.27. The first-order chi connectivity index (χ1) is 15.3. The summed E-state index contributed by atoms with van der Waals surface area (Å²) in [6.45, 7) is 4.63. The van der Waals surface area contributed by atoms with E-state index in [-0.39, 0.29) is 0 Å². The number of rotatable bonds is 6. The summed E-state index contributed by atoms with van der Waals surface area (Å²) in [7, 11) is 0. The fourth-order valence-electron chi connectivity index (χ4n) is 3.75. The molecule has 0 saturated carbocycles. The van der Waals surface area contributed by atoms with E-state index < -0.39 is 0 Å². The number of nitrogens with one attached hydrogen (secondary N) is 1. The second kappa shape index (κ2) is 8.99. The van der Waals surface area contributed by atoms with Gasteiger partial charge >= 0.3 is 0 Å². The number of nitrogens with zero attached hydrogens (tertiary/aromatic N) is 4. The molecule has 2 aromatic heterocycles. The van der Waals surface area contributed by atoms with E-state index in [0.717, 1.165) is 65.9 Å². The van der Waals surface area contributed by atoms with Gasteiger partial charge in [0, 0.05) is 31.7 Å². The van der Waals surface area contributed by atoms with Gasteiger partial charge in [0.15, 0.2) is 5.65 Å². The van der Waals surface area contributed by atoms with Gasteiger partial charge in [-0.05, 0) is 48.2 Å². The van der Waals surface area contributed by atoms with Crippen LogP contribution >= 0.6 is 11.9 Å². The van der Waals surface area contributed by atoms with Crippen LogP contribution in [0.2, 0.25) is 0 Å². The molecule has 1 fully saturated rings. The van der Waals surface area contributed by atoms with Gasteiger partial charge in [0.25, 0.3) is 0 Å². The Morgan fingerprint density at radius 2 is 1.68 bits per heavy atom. The lowest BCUT2D eigenvalue weighted by Crippen LogP contribution is -2.43. The largest absolute Gasteiger partial charge is 0.489 e. The minimum absolute atomic E-state index is 0.558. The van der Waals surface area contributed by atoms with Crippen LogP contribution in [0.1, 0.15) is 5.56 Å². The number of H-pyrrole nitrogens is 1. The predicted molar refractivity (Wildman–Crippen MR) is 127 cm³/mol. The van der Waals surface area contributed by atoms with Crippen molar-refractivity contribution < 1.29 is 4.74 Å². The second-order valence-corrected chi connectivity index (χ2v) is 8.40. The molecule has 158 valence electrons. The van der Waals surface area contributed by atoms with Gasteiger partial charge in [-0.25, -0.2) is 14.3 Å². The van der Waals surface area contributed by atoms with Crippen LogP contribution in [0.15, 0.2) is 66.7 Å². The average molecular weight is 432 g/mol. The molecule has 0 unspecified atom stereocenters. The third-order valence-corrected chi connectivity index (χ3v) is 6.41. The molecule has 6 nitrogen and oxygen atoms in total. The summed E-state index contributed by atoms with van der Waals surface area (Å²) in [6.07, 6.45) is 2.13. The van der Waals surface area contributed by atoms with Crippen LogP contribution < -0.4 is 9.64 Å². The zero-order chi connectivity index (χ0) is 21.0. The first kappa shape index (κ1) is 19.9. The van der Waals surface area contributed by atoms with Crippen molar-refractivity contribution in [3.05, 3.63) is 72.3 Å². The normalized spacial score (nSPS) is 14.8. The number of hydrogen-bond acceptors (Lipinski definition) is 6. The van der Waals surface area contributed by atoms with Crippen molar-refractivity contribution in [2.45, 2.75) is 6.61 Å². The summed E-state index contributed by atoms with van der Waals surface area (Å²) in [5.41, 5.74) is 3.87. The molecule has 2 aromatic carbocycles. The number of hydrogen-bond donors (Lipinski definition) is 1. The smallest absolute Gasteiger partial charge is 0.180 e. The van der Waals surface area contributed by atoms with E-state index in [2.05, 4.69) is 44.7 Å². The van der Waals surface area contributed by atoms with Crippen molar-refractivity contribution in [1.82, 2.24) is 19.3 Å². The Bertz CT molecular complexity index is 1140. The van der Waals surface area contributed by atoms with Crippen LogP contribution in [0.4, 0.5) is 5.82 Å². The minimum atomic E-state index is 0.558. The molecule has 0 bridgehead atoms. The molecule has 0 atom stereocenters. The summed E-state index contributed by atoms with van der Waals surface area (Å²) in [6, 6.07) is 22.4. The van der Waals surface area contributed by atoms with Gasteiger partial charge in [-0.2, -0.15) is 0 Å². The summed E-state index contributed by atoms with van der Waals surface area (Å²) >= 11 is 1.81. The topological polar surface area (TPSA) is 57.3 Å². The van der Waals surface area contributed by atoms with Gasteiger partial charge in [-0.1, -0.05) is 42.3 Å². The maximum Gasteiger partial charge on any atom is 0.180 e. The fraction of sp³-hybridized carbons (Fsp3) is 0.250. The number of aromatic amines is 1. The van der Waals surface area contributed by atoms with Gasteiger partial charge in [-0.15, -0.1) is 0 Å². The van der Waals surface area contributed by atoms with Gasteiger partial charge in [0.2, 0.25) is 0 Å². The van der Waals surface area contributed by atoms with Crippen LogP contribution in [0, 0.1) is 0 Å². The Morgan fingerprint density at radius 3 is 2.42 bits per heavy atom. The molecule has 1 aliphatic rings. The maximum absolute atomic E-state index is 5.89. The van der Waals surface area contributed by atoms with Crippen LogP contribution in [-0.4, -0.2) is 51.7 Å². The molecule has 0 spiro atoms. The van der Waals surface area contributed by atoms with Gasteiger partial charge in [-0.3, -0.25) is 0 Å². The molecule has 0 amide bonds. The number of ether oxygens (including phenoxy) is 1. The first-order valence-corrected chi connectivity index (χ1v) is 11.6. The number of aromatic nitrogens is 3. The zero-order valence-corrected chi connectivity index (χ0v) is 18.3. The Kier molecular flexibility index (Phi) is 5.78. The van der Waals surface area contributed by atoms with Crippen molar-refractivity contribution in [1.29, 1.82) is 0 Å². The predicted octanol–water partition coefficient (Wildman–Crippen LogP) is 4.60. The maximum atomic E-state index is 5.89. The van der Waals surface area contributed by atoms with E-state index in [9.17, 15) is 0 Å². The summed E-state index contributed by atoms with van der Waals surface area (Å²) < 4.78 is 8.27. The van der Waals surface area contributed by atoms with Crippen molar-refractivity contribution >= 4 is 28.9 Å². The Labute approximate surface area is 186 Å². The highest BCUT2D eigenvalue weighted by Crippen LogP contribution is 2.25. The highest BCUT2D eigenvalue weighted by Gasteiger charge is 2.18. The lowest BCUT2D eigenvalue weighted by atomic mass is 10.2. The standard InChI is InChI=1S/C24H25N5OS/c1-31-29-15-13-28(14-16-29)22-12-11-21-24(26-22)27-23(25-21)19-7-9-20(10-8-19)30-17-18-5-3-2-4-6-18/h2-12H,13-17H2,1H3,(H,25,26,27). The molecule has 3 heterocycles. The van der Waals surface area contributed by atoms with E-state index in [0.29, 0.717) is 6.61 Å². The lowest BCUT2D eigenvalue weighted by molar-refractivity contribution is 0.306. The van der Waals surface area contributed by atoms with E-state index in [1.165, 1.54) is 0 Å². The number of benzene rings is 2. The van der Waals surface area contributed by atoms with Crippen molar-refractivity contribution in [3.63, 3.8) is 0 Å². The molecule has 5 rings (SSSR count). The number of fused-ring (bicyclic) bond motifs is 1. The Balaban J connectivity index is 1.29. The number of piperazine rings is 1. The van der Waals surface area contributed by atoms with Gasteiger partial charge < -0.3 is 14.6 Å². The molecule has 0 aliphatic carbocycles. The van der Waals surface area contributed by atoms with E-state index >= 15 is 0 Å². The van der Waals surface area contributed by atoms with Crippen LogP contribution in [0.3, 0.4) is 0 Å². The number of imidazole rings is 1. The molecule has 0 radical (unpaired) electrons. The van der Waals surface area contributed by atoms with Gasteiger partial charge in [0.05, 0.1) is 5.52 Å². The minimum Gasteiger partial charge on any atom is -0.489 e. The number of anilines is 1. The van der Waals surface area contributed by atoms with E-state index in [1.54, 1.807) is 0 Å².